The van der Waals surface area contributed by atoms with E-state index in [9.17, 15) is 9.18 Å². The standard InChI is InChI=1S/C22H28FN5OS/c1-17-4-2-3-9-28(17)20-14-21(25-16-24-20)30-15-22(29)27-12-10-26(11-13-27)19-7-5-18(23)6-8-19/h5-8,14,16-17H,2-4,9-13,15H2,1H3/t17-/m1/s1. The Morgan fingerprint density at radius 2 is 1.87 bits per heavy atom. The van der Waals surface area contributed by atoms with Crippen LogP contribution in [0, 0.1) is 5.82 Å². The van der Waals surface area contributed by atoms with E-state index in [1.807, 2.05) is 11.0 Å². The van der Waals surface area contributed by atoms with Crippen LogP contribution >= 0.6 is 11.8 Å². The lowest BCUT2D eigenvalue weighted by atomic mass is 10.0. The Morgan fingerprint density at radius 1 is 1.10 bits per heavy atom. The maximum atomic E-state index is 13.1. The number of halogens is 1. The van der Waals surface area contributed by atoms with E-state index in [1.54, 1.807) is 18.5 Å². The van der Waals surface area contributed by atoms with Gasteiger partial charge >= 0.3 is 0 Å². The number of hydrogen-bond acceptors (Lipinski definition) is 6. The Bertz CT molecular complexity index is 857. The normalized spacial score (nSPS) is 19.8. The second kappa shape index (κ2) is 9.64. The van der Waals surface area contributed by atoms with Gasteiger partial charge in [-0.15, -0.1) is 0 Å². The summed E-state index contributed by atoms with van der Waals surface area (Å²) < 4.78 is 13.1. The number of nitrogens with zero attached hydrogens (tertiary/aromatic N) is 5. The van der Waals surface area contributed by atoms with Gasteiger partial charge in [-0.3, -0.25) is 4.79 Å². The lowest BCUT2D eigenvalue weighted by molar-refractivity contribution is -0.128. The average molecular weight is 430 g/mol. The molecule has 1 aromatic heterocycles. The van der Waals surface area contributed by atoms with E-state index in [1.165, 1.54) is 43.2 Å². The highest BCUT2D eigenvalue weighted by Crippen LogP contribution is 2.26. The summed E-state index contributed by atoms with van der Waals surface area (Å²) in [5, 5.41) is 0.844. The number of aromatic nitrogens is 2. The van der Waals surface area contributed by atoms with Crippen molar-refractivity contribution in [1.82, 2.24) is 14.9 Å². The van der Waals surface area contributed by atoms with E-state index in [0.29, 0.717) is 24.9 Å². The average Bonchev–Trinajstić information content (AvgIpc) is 2.79. The van der Waals surface area contributed by atoms with Gasteiger partial charge in [0.2, 0.25) is 5.91 Å². The fraction of sp³-hybridized carbons (Fsp3) is 0.500. The smallest absolute Gasteiger partial charge is 0.233 e. The first-order valence-corrected chi connectivity index (χ1v) is 11.6. The highest BCUT2D eigenvalue weighted by molar-refractivity contribution is 7.99. The predicted molar refractivity (Wildman–Crippen MR) is 119 cm³/mol. The van der Waals surface area contributed by atoms with Gasteiger partial charge in [-0.2, -0.15) is 0 Å². The second-order valence-electron chi connectivity index (χ2n) is 7.89. The molecule has 0 N–H and O–H groups in total. The zero-order valence-electron chi connectivity index (χ0n) is 17.3. The molecule has 30 heavy (non-hydrogen) atoms. The first-order valence-electron chi connectivity index (χ1n) is 10.6. The van der Waals surface area contributed by atoms with Gasteiger partial charge < -0.3 is 14.7 Å². The molecule has 0 aliphatic carbocycles. The van der Waals surface area contributed by atoms with Crippen molar-refractivity contribution >= 4 is 29.2 Å². The summed E-state index contributed by atoms with van der Waals surface area (Å²) in [7, 11) is 0. The number of thioether (sulfide) groups is 1. The summed E-state index contributed by atoms with van der Waals surface area (Å²) in [6, 6.07) is 9.03. The molecule has 2 aliphatic heterocycles. The van der Waals surface area contributed by atoms with E-state index in [-0.39, 0.29) is 11.7 Å². The van der Waals surface area contributed by atoms with Gasteiger partial charge in [-0.25, -0.2) is 14.4 Å². The van der Waals surface area contributed by atoms with Gasteiger partial charge in [-0.05, 0) is 50.5 Å². The molecule has 2 fully saturated rings. The molecule has 2 aliphatic rings. The van der Waals surface area contributed by atoms with Crippen molar-refractivity contribution in [3.05, 3.63) is 42.5 Å². The Labute approximate surface area is 181 Å². The van der Waals surface area contributed by atoms with E-state index in [2.05, 4.69) is 26.7 Å². The van der Waals surface area contributed by atoms with Crippen LogP contribution < -0.4 is 9.80 Å². The van der Waals surface area contributed by atoms with Gasteiger partial charge in [-0.1, -0.05) is 11.8 Å². The number of benzene rings is 1. The molecule has 8 heteroatoms. The summed E-state index contributed by atoms with van der Waals surface area (Å²) >= 11 is 1.48. The monoisotopic (exact) mass is 429 g/mol. The summed E-state index contributed by atoms with van der Waals surface area (Å²) in [5.74, 6) is 1.24. The van der Waals surface area contributed by atoms with Crippen LogP contribution in [0.25, 0.3) is 0 Å². The molecule has 160 valence electrons. The Hall–Kier alpha value is -2.35. The summed E-state index contributed by atoms with van der Waals surface area (Å²) in [6.45, 7) is 6.13. The van der Waals surface area contributed by atoms with Gasteiger partial charge in [0.05, 0.1) is 5.75 Å². The van der Waals surface area contributed by atoms with E-state index >= 15 is 0 Å². The molecule has 4 rings (SSSR count). The quantitative estimate of drug-likeness (QED) is 0.536. The number of piperidine rings is 1. The zero-order valence-corrected chi connectivity index (χ0v) is 18.2. The highest BCUT2D eigenvalue weighted by atomic mass is 32.2. The molecule has 1 amide bonds. The molecule has 0 bridgehead atoms. The summed E-state index contributed by atoms with van der Waals surface area (Å²) in [5.41, 5.74) is 0.998. The maximum Gasteiger partial charge on any atom is 0.233 e. The lowest BCUT2D eigenvalue weighted by Crippen LogP contribution is -2.49. The largest absolute Gasteiger partial charge is 0.368 e. The van der Waals surface area contributed by atoms with Crippen LogP contribution in [0.5, 0.6) is 0 Å². The number of carbonyl (C=O) groups is 1. The molecule has 0 unspecified atom stereocenters. The van der Waals surface area contributed by atoms with Crippen molar-refractivity contribution in [1.29, 1.82) is 0 Å². The molecule has 1 aromatic carbocycles. The van der Waals surface area contributed by atoms with Crippen molar-refractivity contribution in [3.63, 3.8) is 0 Å². The summed E-state index contributed by atoms with van der Waals surface area (Å²) in [6.07, 6.45) is 5.26. The van der Waals surface area contributed by atoms with Crippen molar-refractivity contribution in [2.45, 2.75) is 37.3 Å². The van der Waals surface area contributed by atoms with E-state index in [0.717, 1.165) is 36.2 Å². The van der Waals surface area contributed by atoms with Crippen LogP contribution in [-0.2, 0) is 4.79 Å². The molecule has 3 heterocycles. The Kier molecular flexibility index (Phi) is 6.72. The van der Waals surface area contributed by atoms with Crippen LogP contribution in [0.3, 0.4) is 0 Å². The van der Waals surface area contributed by atoms with Crippen LogP contribution in [0.2, 0.25) is 0 Å². The van der Waals surface area contributed by atoms with Crippen molar-refractivity contribution in [2.24, 2.45) is 0 Å². The first-order chi connectivity index (χ1) is 14.6. The van der Waals surface area contributed by atoms with Crippen LogP contribution in [-0.4, -0.2) is 65.3 Å². The number of anilines is 2. The number of amides is 1. The van der Waals surface area contributed by atoms with Gasteiger partial charge in [0, 0.05) is 50.5 Å². The minimum absolute atomic E-state index is 0.130. The van der Waals surface area contributed by atoms with E-state index < -0.39 is 0 Å². The Morgan fingerprint density at radius 3 is 2.60 bits per heavy atom. The van der Waals surface area contributed by atoms with Gasteiger partial charge in [0.25, 0.3) is 0 Å². The highest BCUT2D eigenvalue weighted by Gasteiger charge is 2.23. The molecule has 0 radical (unpaired) electrons. The third-order valence-electron chi connectivity index (χ3n) is 5.89. The number of piperazine rings is 1. The lowest BCUT2D eigenvalue weighted by Gasteiger charge is -2.36. The molecule has 0 spiro atoms. The minimum atomic E-state index is -0.229. The van der Waals surface area contributed by atoms with Gasteiger partial charge in [0.1, 0.15) is 23.0 Å². The zero-order chi connectivity index (χ0) is 20.9. The fourth-order valence-corrected chi connectivity index (χ4v) is 4.86. The topological polar surface area (TPSA) is 52.6 Å². The van der Waals surface area contributed by atoms with Crippen LogP contribution in [0.15, 0.2) is 41.7 Å². The van der Waals surface area contributed by atoms with Crippen LogP contribution in [0.1, 0.15) is 26.2 Å². The first kappa shape index (κ1) is 20.9. The fourth-order valence-electron chi connectivity index (χ4n) is 4.10. The minimum Gasteiger partial charge on any atom is -0.368 e. The van der Waals surface area contributed by atoms with Crippen LogP contribution in [0.4, 0.5) is 15.9 Å². The van der Waals surface area contributed by atoms with Crippen molar-refractivity contribution in [2.75, 3.05) is 48.3 Å². The predicted octanol–water partition coefficient (Wildman–Crippen LogP) is 3.44. The SMILES string of the molecule is C[C@@H]1CCCCN1c1cc(SCC(=O)N2CCN(c3ccc(F)cc3)CC2)ncn1. The number of carbonyl (C=O) groups excluding carboxylic acids is 1. The molecular formula is C22H28FN5OS. The molecule has 2 aromatic rings. The van der Waals surface area contributed by atoms with Crippen molar-refractivity contribution < 1.29 is 9.18 Å². The third-order valence-corrected chi connectivity index (χ3v) is 6.80. The second-order valence-corrected chi connectivity index (χ2v) is 8.88. The van der Waals surface area contributed by atoms with Gasteiger partial charge in [0.15, 0.2) is 0 Å². The molecular weight excluding hydrogens is 401 g/mol. The molecule has 0 saturated carbocycles. The summed E-state index contributed by atoms with van der Waals surface area (Å²) in [4.78, 5) is 27.9. The molecule has 2 saturated heterocycles. The maximum absolute atomic E-state index is 13.1. The molecule has 6 nitrogen and oxygen atoms in total. The molecule has 1 atom stereocenters. The van der Waals surface area contributed by atoms with E-state index in [4.69, 9.17) is 0 Å². The number of hydrogen-bond donors (Lipinski definition) is 0. The number of rotatable bonds is 5. The third kappa shape index (κ3) is 5.03. The Balaban J connectivity index is 1.28. The van der Waals surface area contributed by atoms with Crippen molar-refractivity contribution in [3.8, 4) is 0 Å².